The van der Waals surface area contributed by atoms with Crippen LogP contribution in [0.3, 0.4) is 0 Å². The normalized spacial score (nSPS) is 13.1. The molecule has 0 spiro atoms. The third kappa shape index (κ3) is 3.43. The number of aryl methyl sites for hydroxylation is 1. The summed E-state index contributed by atoms with van der Waals surface area (Å²) in [6, 6.07) is 0. The van der Waals surface area contributed by atoms with E-state index in [1.165, 1.54) is 0 Å². The molecule has 0 amide bonds. The maximum Gasteiger partial charge on any atom is 0.133 e. The second kappa shape index (κ2) is 5.72. The lowest BCUT2D eigenvalue weighted by atomic mass is 10.2. The number of aliphatic hydroxyl groups excluding tert-OH is 1. The first-order valence-corrected chi connectivity index (χ1v) is 4.88. The van der Waals surface area contributed by atoms with Gasteiger partial charge in [0.2, 0.25) is 0 Å². The molecule has 5 heteroatoms. The van der Waals surface area contributed by atoms with E-state index in [9.17, 15) is 0 Å². The van der Waals surface area contributed by atoms with Crippen molar-refractivity contribution in [2.24, 2.45) is 13.0 Å². The van der Waals surface area contributed by atoms with Crippen molar-refractivity contribution in [3.05, 3.63) is 12.2 Å². The first-order chi connectivity index (χ1) is 6.74. The molecule has 0 aliphatic rings. The summed E-state index contributed by atoms with van der Waals surface area (Å²) in [4.78, 5) is 0. The number of aromatic nitrogens is 3. The second-order valence-corrected chi connectivity index (χ2v) is 3.60. The highest BCUT2D eigenvalue weighted by molar-refractivity contribution is 4.84. The van der Waals surface area contributed by atoms with Crippen LogP contribution < -0.4 is 5.32 Å². The predicted octanol–water partition coefficient (Wildman–Crippen LogP) is -0.424. The third-order valence-corrected chi connectivity index (χ3v) is 2.14. The van der Waals surface area contributed by atoms with Gasteiger partial charge in [-0.05, 0) is 12.5 Å². The van der Waals surface area contributed by atoms with Crippen molar-refractivity contribution in [1.29, 1.82) is 0 Å². The van der Waals surface area contributed by atoms with Crippen LogP contribution in [-0.2, 0) is 13.5 Å². The standard InChI is InChI=1S/C9H18N4O/c1-8(6-14)5-10-4-3-9-12-11-7-13(9)2/h7-8,10,14H,3-6H2,1-2H3. The molecule has 0 radical (unpaired) electrons. The number of nitrogens with zero attached hydrogens (tertiary/aromatic N) is 3. The summed E-state index contributed by atoms with van der Waals surface area (Å²) >= 11 is 0. The fourth-order valence-corrected chi connectivity index (χ4v) is 1.15. The van der Waals surface area contributed by atoms with Gasteiger partial charge >= 0.3 is 0 Å². The van der Waals surface area contributed by atoms with E-state index < -0.39 is 0 Å². The van der Waals surface area contributed by atoms with E-state index >= 15 is 0 Å². The SMILES string of the molecule is CC(CO)CNCCc1nncn1C. The van der Waals surface area contributed by atoms with E-state index in [0.717, 1.165) is 25.3 Å². The molecule has 1 atom stereocenters. The predicted molar refractivity (Wildman–Crippen MR) is 53.8 cm³/mol. The minimum atomic E-state index is 0.233. The second-order valence-electron chi connectivity index (χ2n) is 3.60. The third-order valence-electron chi connectivity index (χ3n) is 2.14. The average molecular weight is 198 g/mol. The van der Waals surface area contributed by atoms with Gasteiger partial charge < -0.3 is 15.0 Å². The van der Waals surface area contributed by atoms with Crippen LogP contribution in [0.25, 0.3) is 0 Å². The molecule has 1 aromatic rings. The zero-order chi connectivity index (χ0) is 10.4. The van der Waals surface area contributed by atoms with Gasteiger partial charge in [0.05, 0.1) is 0 Å². The summed E-state index contributed by atoms with van der Waals surface area (Å²) in [7, 11) is 1.94. The molecule has 5 nitrogen and oxygen atoms in total. The first-order valence-electron chi connectivity index (χ1n) is 4.88. The zero-order valence-corrected chi connectivity index (χ0v) is 8.77. The molecule has 14 heavy (non-hydrogen) atoms. The maximum absolute atomic E-state index is 8.80. The van der Waals surface area contributed by atoms with Crippen molar-refractivity contribution >= 4 is 0 Å². The van der Waals surface area contributed by atoms with Crippen molar-refractivity contribution in [2.45, 2.75) is 13.3 Å². The molecule has 1 unspecified atom stereocenters. The Morgan fingerprint density at radius 2 is 2.43 bits per heavy atom. The summed E-state index contributed by atoms with van der Waals surface area (Å²) < 4.78 is 1.91. The Kier molecular flexibility index (Phi) is 4.55. The van der Waals surface area contributed by atoms with E-state index in [1.807, 2.05) is 18.5 Å². The Hall–Kier alpha value is -0.940. The number of hydrogen-bond acceptors (Lipinski definition) is 4. The van der Waals surface area contributed by atoms with Crippen LogP contribution in [0.1, 0.15) is 12.7 Å². The van der Waals surface area contributed by atoms with Crippen LogP contribution in [0.5, 0.6) is 0 Å². The van der Waals surface area contributed by atoms with Crippen molar-refractivity contribution < 1.29 is 5.11 Å². The van der Waals surface area contributed by atoms with E-state index in [2.05, 4.69) is 15.5 Å². The van der Waals surface area contributed by atoms with Gasteiger partial charge in [0.1, 0.15) is 12.2 Å². The van der Waals surface area contributed by atoms with Gasteiger partial charge in [-0.1, -0.05) is 6.92 Å². The maximum atomic E-state index is 8.80. The lowest BCUT2D eigenvalue weighted by molar-refractivity contribution is 0.234. The quantitative estimate of drug-likeness (QED) is 0.609. The summed E-state index contributed by atoms with van der Waals surface area (Å²) in [5, 5.41) is 19.8. The van der Waals surface area contributed by atoms with Crippen LogP contribution in [0.15, 0.2) is 6.33 Å². The van der Waals surface area contributed by atoms with E-state index in [-0.39, 0.29) is 6.61 Å². The van der Waals surface area contributed by atoms with Gasteiger partial charge in [0, 0.05) is 26.6 Å². The van der Waals surface area contributed by atoms with E-state index in [1.54, 1.807) is 6.33 Å². The van der Waals surface area contributed by atoms with Crippen molar-refractivity contribution in [2.75, 3.05) is 19.7 Å². The van der Waals surface area contributed by atoms with Crippen LogP contribution in [0, 0.1) is 5.92 Å². The topological polar surface area (TPSA) is 63.0 Å². The van der Waals surface area contributed by atoms with Gasteiger partial charge in [-0.3, -0.25) is 0 Å². The lowest BCUT2D eigenvalue weighted by Gasteiger charge is -2.08. The van der Waals surface area contributed by atoms with E-state index in [4.69, 9.17) is 5.11 Å². The number of hydrogen-bond donors (Lipinski definition) is 2. The zero-order valence-electron chi connectivity index (χ0n) is 8.77. The Balaban J connectivity index is 2.13. The lowest BCUT2D eigenvalue weighted by Crippen LogP contribution is -2.25. The summed E-state index contributed by atoms with van der Waals surface area (Å²) in [6.07, 6.45) is 2.57. The summed E-state index contributed by atoms with van der Waals surface area (Å²) in [5.41, 5.74) is 0. The number of aliphatic hydroxyl groups is 1. The summed E-state index contributed by atoms with van der Waals surface area (Å²) in [6.45, 7) is 3.96. The highest BCUT2D eigenvalue weighted by Gasteiger charge is 2.01. The Bertz CT molecular complexity index is 261. The van der Waals surface area contributed by atoms with Crippen LogP contribution in [-0.4, -0.2) is 39.6 Å². The smallest absolute Gasteiger partial charge is 0.133 e. The molecular weight excluding hydrogens is 180 g/mol. The molecule has 0 fully saturated rings. The van der Waals surface area contributed by atoms with Gasteiger partial charge in [0.25, 0.3) is 0 Å². The molecule has 0 aliphatic carbocycles. The minimum Gasteiger partial charge on any atom is -0.396 e. The van der Waals surface area contributed by atoms with Gasteiger partial charge in [-0.15, -0.1) is 10.2 Å². The van der Waals surface area contributed by atoms with Gasteiger partial charge in [0.15, 0.2) is 0 Å². The molecule has 1 rings (SSSR count). The highest BCUT2D eigenvalue weighted by Crippen LogP contribution is 1.92. The van der Waals surface area contributed by atoms with Crippen molar-refractivity contribution in [3.63, 3.8) is 0 Å². The Labute approximate surface area is 84.2 Å². The number of rotatable bonds is 6. The molecule has 0 aromatic carbocycles. The molecule has 0 aliphatic heterocycles. The first kappa shape index (κ1) is 11.1. The van der Waals surface area contributed by atoms with Crippen LogP contribution >= 0.6 is 0 Å². The minimum absolute atomic E-state index is 0.233. The van der Waals surface area contributed by atoms with Crippen molar-refractivity contribution in [1.82, 2.24) is 20.1 Å². The fourth-order valence-electron chi connectivity index (χ4n) is 1.15. The molecule has 1 aromatic heterocycles. The number of nitrogens with one attached hydrogen (secondary N) is 1. The molecule has 0 bridgehead atoms. The molecular formula is C9H18N4O. The largest absolute Gasteiger partial charge is 0.396 e. The highest BCUT2D eigenvalue weighted by atomic mass is 16.3. The average Bonchev–Trinajstić information content (AvgIpc) is 2.58. The van der Waals surface area contributed by atoms with Crippen LogP contribution in [0.2, 0.25) is 0 Å². The van der Waals surface area contributed by atoms with E-state index in [0.29, 0.717) is 5.92 Å². The fraction of sp³-hybridized carbons (Fsp3) is 0.778. The van der Waals surface area contributed by atoms with Crippen molar-refractivity contribution in [3.8, 4) is 0 Å². The Morgan fingerprint density at radius 3 is 3.00 bits per heavy atom. The molecule has 2 N–H and O–H groups in total. The molecule has 80 valence electrons. The van der Waals surface area contributed by atoms with Crippen LogP contribution in [0.4, 0.5) is 0 Å². The van der Waals surface area contributed by atoms with Gasteiger partial charge in [-0.25, -0.2) is 0 Å². The molecule has 1 heterocycles. The molecule has 0 saturated heterocycles. The summed E-state index contributed by atoms with van der Waals surface area (Å²) in [5.74, 6) is 1.30. The monoisotopic (exact) mass is 198 g/mol. The molecule has 0 saturated carbocycles. The Morgan fingerprint density at radius 1 is 1.64 bits per heavy atom. The van der Waals surface area contributed by atoms with Gasteiger partial charge in [-0.2, -0.15) is 0 Å².